The monoisotopic (exact) mass is 454 g/mol. The number of para-hydroxylation sites is 1. The summed E-state index contributed by atoms with van der Waals surface area (Å²) in [7, 11) is 0. The first-order valence-electron chi connectivity index (χ1n) is 10.7. The van der Waals surface area contributed by atoms with Crippen LogP contribution in [-0.2, 0) is 16.0 Å². The summed E-state index contributed by atoms with van der Waals surface area (Å²) in [5.74, 6) is 3.16. The molecular formula is C25H30N2O4S. The molecule has 0 aliphatic carbocycles. The van der Waals surface area contributed by atoms with Gasteiger partial charge in [-0.05, 0) is 35.6 Å². The summed E-state index contributed by atoms with van der Waals surface area (Å²) in [5, 5.41) is 12.3. The van der Waals surface area contributed by atoms with E-state index >= 15 is 0 Å². The molecule has 0 saturated heterocycles. The van der Waals surface area contributed by atoms with Gasteiger partial charge in [0, 0.05) is 24.5 Å². The van der Waals surface area contributed by atoms with E-state index in [0.29, 0.717) is 26.2 Å². The third-order valence-corrected chi connectivity index (χ3v) is 6.27. The fourth-order valence-corrected chi connectivity index (χ4v) is 4.77. The van der Waals surface area contributed by atoms with Gasteiger partial charge in [-0.1, -0.05) is 30.2 Å². The van der Waals surface area contributed by atoms with Crippen molar-refractivity contribution in [2.45, 2.75) is 18.6 Å². The molecule has 1 aliphatic heterocycles. The molecule has 2 aromatic rings. The zero-order valence-electron chi connectivity index (χ0n) is 18.2. The van der Waals surface area contributed by atoms with Gasteiger partial charge in [-0.3, -0.25) is 9.69 Å². The lowest BCUT2D eigenvalue weighted by Gasteiger charge is -2.37. The maximum absolute atomic E-state index is 13.3. The first-order chi connectivity index (χ1) is 15.6. The van der Waals surface area contributed by atoms with E-state index in [4.69, 9.17) is 15.9 Å². The molecule has 3 rings (SSSR count). The zero-order valence-corrected chi connectivity index (χ0v) is 19.0. The van der Waals surface area contributed by atoms with Crippen LogP contribution in [-0.4, -0.2) is 72.9 Å². The van der Waals surface area contributed by atoms with Crippen LogP contribution in [0.3, 0.4) is 0 Å². The first kappa shape index (κ1) is 24.0. The van der Waals surface area contributed by atoms with Crippen LogP contribution in [0, 0.1) is 12.3 Å². The Balaban J connectivity index is 1.66. The minimum Gasteiger partial charge on any atom is -0.491 e. The Bertz CT molecular complexity index is 908. The van der Waals surface area contributed by atoms with Crippen molar-refractivity contribution in [1.29, 1.82) is 0 Å². The largest absolute Gasteiger partial charge is 0.491 e. The number of carbonyl (C=O) groups excluding carboxylic acids is 1. The number of hydrogen-bond acceptors (Lipinski definition) is 6. The molecule has 0 fully saturated rings. The number of benzene rings is 1. The van der Waals surface area contributed by atoms with Crippen LogP contribution in [0.15, 0.2) is 54.4 Å². The molecule has 1 N–H and O–H groups in total. The summed E-state index contributed by atoms with van der Waals surface area (Å²) in [4.78, 5) is 18.4. The maximum atomic E-state index is 13.3. The standard InChI is InChI=1S/C25H30N2O4S/c1-3-12-26(16-20(28)18-30-14-4-2)17-25(29)27-13-10-24-22(11-15-32-24)23(27)19-31-21-8-6-5-7-9-21/h2-3,5-9,11,15,20,23,28H,1,10,12-14,16-19H2. The molecule has 7 heteroatoms. The highest BCUT2D eigenvalue weighted by atomic mass is 32.1. The summed E-state index contributed by atoms with van der Waals surface area (Å²) in [6.07, 6.45) is 7.00. The Morgan fingerprint density at radius 2 is 2.22 bits per heavy atom. The SMILES string of the molecule is C#CCOCC(O)CN(CC=C)CC(=O)N1CCc2sccc2C1COc1ccccc1. The molecule has 0 radical (unpaired) electrons. The summed E-state index contributed by atoms with van der Waals surface area (Å²) in [6.45, 7) is 6.06. The van der Waals surface area contributed by atoms with E-state index in [1.54, 1.807) is 17.4 Å². The highest BCUT2D eigenvalue weighted by Gasteiger charge is 2.33. The fourth-order valence-electron chi connectivity index (χ4n) is 3.84. The average molecular weight is 455 g/mol. The molecule has 6 nitrogen and oxygen atoms in total. The second-order valence-corrected chi connectivity index (χ2v) is 8.63. The van der Waals surface area contributed by atoms with Crippen molar-refractivity contribution in [3.63, 3.8) is 0 Å². The quantitative estimate of drug-likeness (QED) is 0.304. The third kappa shape index (κ3) is 6.68. The molecule has 0 bridgehead atoms. The van der Waals surface area contributed by atoms with Gasteiger partial charge in [0.2, 0.25) is 5.91 Å². The number of fused-ring (bicyclic) bond motifs is 1. The number of hydrogen-bond donors (Lipinski definition) is 1. The summed E-state index contributed by atoms with van der Waals surface area (Å²) < 4.78 is 11.2. The molecule has 1 aromatic heterocycles. The second-order valence-electron chi connectivity index (χ2n) is 7.63. The summed E-state index contributed by atoms with van der Waals surface area (Å²) in [6, 6.07) is 11.6. The van der Waals surface area contributed by atoms with Crippen molar-refractivity contribution in [3.05, 3.63) is 64.9 Å². The van der Waals surface area contributed by atoms with Crippen LogP contribution < -0.4 is 4.74 Å². The van der Waals surface area contributed by atoms with E-state index in [2.05, 4.69) is 23.9 Å². The Labute approximate surface area is 194 Å². The van der Waals surface area contributed by atoms with Gasteiger partial charge in [-0.15, -0.1) is 24.3 Å². The summed E-state index contributed by atoms with van der Waals surface area (Å²) in [5.41, 5.74) is 1.16. The molecule has 1 aromatic carbocycles. The van der Waals surface area contributed by atoms with Gasteiger partial charge in [0.15, 0.2) is 0 Å². The molecule has 0 spiro atoms. The van der Waals surface area contributed by atoms with Gasteiger partial charge in [-0.25, -0.2) is 0 Å². The Hall–Kier alpha value is -2.63. The molecule has 1 amide bonds. The number of rotatable bonds is 12. The number of aliphatic hydroxyl groups excluding tert-OH is 1. The highest BCUT2D eigenvalue weighted by molar-refractivity contribution is 7.10. The number of thiophene rings is 1. The van der Waals surface area contributed by atoms with E-state index in [1.807, 2.05) is 40.1 Å². The van der Waals surface area contributed by atoms with Gasteiger partial charge in [0.1, 0.15) is 19.0 Å². The van der Waals surface area contributed by atoms with E-state index in [0.717, 1.165) is 17.7 Å². The van der Waals surface area contributed by atoms with Crippen LogP contribution in [0.4, 0.5) is 0 Å². The highest BCUT2D eigenvalue weighted by Crippen LogP contribution is 2.34. The van der Waals surface area contributed by atoms with Crippen LogP contribution >= 0.6 is 11.3 Å². The van der Waals surface area contributed by atoms with E-state index < -0.39 is 6.10 Å². The lowest BCUT2D eigenvalue weighted by Crippen LogP contribution is -2.48. The Morgan fingerprint density at radius 1 is 1.41 bits per heavy atom. The molecule has 2 atom stereocenters. The average Bonchev–Trinajstić information content (AvgIpc) is 3.27. The lowest BCUT2D eigenvalue weighted by molar-refractivity contribution is -0.136. The first-order valence-corrected chi connectivity index (χ1v) is 11.6. The van der Waals surface area contributed by atoms with Crippen molar-refractivity contribution in [3.8, 4) is 18.1 Å². The molecule has 1 aliphatic rings. The lowest BCUT2D eigenvalue weighted by atomic mass is 10.0. The smallest absolute Gasteiger partial charge is 0.237 e. The number of ether oxygens (including phenoxy) is 2. The number of terminal acetylenes is 1. The predicted octanol–water partition coefficient (Wildman–Crippen LogP) is 2.75. The number of carbonyl (C=O) groups is 1. The molecule has 2 unspecified atom stereocenters. The van der Waals surface area contributed by atoms with Gasteiger partial charge < -0.3 is 19.5 Å². The Kier molecular flexibility index (Phi) is 9.32. The number of amides is 1. The Morgan fingerprint density at radius 3 is 2.97 bits per heavy atom. The molecule has 2 heterocycles. The topological polar surface area (TPSA) is 62.2 Å². The second kappa shape index (κ2) is 12.4. The van der Waals surface area contributed by atoms with E-state index in [9.17, 15) is 9.90 Å². The van der Waals surface area contributed by atoms with Crippen molar-refractivity contribution in [2.24, 2.45) is 0 Å². The predicted molar refractivity (Wildman–Crippen MR) is 127 cm³/mol. The summed E-state index contributed by atoms with van der Waals surface area (Å²) >= 11 is 1.73. The number of nitrogens with zero attached hydrogens (tertiary/aromatic N) is 2. The van der Waals surface area contributed by atoms with Crippen LogP contribution in [0.5, 0.6) is 5.75 Å². The van der Waals surface area contributed by atoms with Crippen LogP contribution in [0.1, 0.15) is 16.5 Å². The molecule has 32 heavy (non-hydrogen) atoms. The normalized spacial score (nSPS) is 16.3. The van der Waals surface area contributed by atoms with Gasteiger partial charge >= 0.3 is 0 Å². The molecular weight excluding hydrogens is 424 g/mol. The zero-order chi connectivity index (χ0) is 22.8. The molecule has 170 valence electrons. The van der Waals surface area contributed by atoms with E-state index in [-0.39, 0.29) is 31.7 Å². The van der Waals surface area contributed by atoms with Crippen molar-refractivity contribution < 1.29 is 19.4 Å². The minimum absolute atomic E-state index is 0.00195. The van der Waals surface area contributed by atoms with E-state index in [1.165, 1.54) is 4.88 Å². The van der Waals surface area contributed by atoms with Crippen molar-refractivity contribution in [2.75, 3.05) is 46.0 Å². The van der Waals surface area contributed by atoms with Gasteiger partial charge in [0.25, 0.3) is 0 Å². The van der Waals surface area contributed by atoms with Gasteiger partial charge in [0.05, 0.1) is 25.3 Å². The maximum Gasteiger partial charge on any atom is 0.237 e. The van der Waals surface area contributed by atoms with Gasteiger partial charge in [-0.2, -0.15) is 0 Å². The van der Waals surface area contributed by atoms with Crippen LogP contribution in [0.25, 0.3) is 0 Å². The van der Waals surface area contributed by atoms with Crippen molar-refractivity contribution in [1.82, 2.24) is 9.80 Å². The van der Waals surface area contributed by atoms with Crippen molar-refractivity contribution >= 4 is 17.2 Å². The molecule has 0 saturated carbocycles. The number of aliphatic hydroxyl groups is 1. The third-order valence-electron chi connectivity index (χ3n) is 5.28. The minimum atomic E-state index is -0.738. The van der Waals surface area contributed by atoms with Crippen LogP contribution in [0.2, 0.25) is 0 Å². The fraction of sp³-hybridized carbons (Fsp3) is 0.400.